The number of carbonyl (C=O) groups is 3. The van der Waals surface area contributed by atoms with Crippen molar-refractivity contribution in [2.45, 2.75) is 59.5 Å². The Morgan fingerprint density at radius 3 is 2.25 bits per heavy atom. The van der Waals surface area contributed by atoms with E-state index in [2.05, 4.69) is 10.6 Å². The number of rotatable bonds is 9. The Bertz CT molecular complexity index is 1220. The Balaban J connectivity index is 2.05. The average Bonchev–Trinajstić information content (AvgIpc) is 3.38. The molecule has 3 amide bonds. The minimum absolute atomic E-state index is 0.240. The van der Waals surface area contributed by atoms with E-state index in [0.717, 1.165) is 23.1 Å². The molecule has 1 aromatic heterocycles. The van der Waals surface area contributed by atoms with Crippen LogP contribution in [0.25, 0.3) is 0 Å². The molecule has 3 rings (SSSR count). The lowest BCUT2D eigenvalue weighted by Crippen LogP contribution is -2.52. The Morgan fingerprint density at radius 1 is 0.972 bits per heavy atom. The van der Waals surface area contributed by atoms with Gasteiger partial charge < -0.3 is 10.6 Å². The first kappa shape index (κ1) is 27.1. The molecule has 190 valence electrons. The van der Waals surface area contributed by atoms with E-state index in [9.17, 15) is 14.4 Å². The molecule has 1 unspecified atom stereocenters. The minimum Gasteiger partial charge on any atom is -0.349 e. The molecule has 2 aromatic carbocycles. The molecule has 0 bridgehead atoms. The molecule has 0 saturated heterocycles. The maximum atomic E-state index is 13.8. The molecule has 0 saturated carbocycles. The normalized spacial score (nSPS) is 12.1. The van der Waals surface area contributed by atoms with Crippen LogP contribution in [0.5, 0.6) is 0 Å². The number of nitrogens with one attached hydrogen (secondary N) is 2. The summed E-state index contributed by atoms with van der Waals surface area (Å²) in [6, 6.07) is 15.9. The van der Waals surface area contributed by atoms with E-state index < -0.39 is 11.6 Å². The molecule has 6 nitrogen and oxygen atoms in total. The highest BCUT2D eigenvalue weighted by molar-refractivity contribution is 7.12. The Morgan fingerprint density at radius 2 is 1.67 bits per heavy atom. The lowest BCUT2D eigenvalue weighted by atomic mass is 9.97. The molecule has 1 atom stereocenters. The maximum absolute atomic E-state index is 13.8. The monoisotopic (exact) mass is 505 g/mol. The second-order valence-corrected chi connectivity index (χ2v) is 10.7. The fourth-order valence-corrected chi connectivity index (χ4v) is 4.35. The van der Waals surface area contributed by atoms with E-state index in [-0.39, 0.29) is 24.3 Å². The predicted octanol–water partition coefficient (Wildman–Crippen LogP) is 5.48. The molecule has 3 aromatic rings. The number of aryl methyl sites for hydroxylation is 3. The highest BCUT2D eigenvalue weighted by atomic mass is 32.1. The van der Waals surface area contributed by atoms with E-state index >= 15 is 0 Å². The lowest BCUT2D eigenvalue weighted by molar-refractivity contribution is -0.127. The average molecular weight is 506 g/mol. The third-order valence-corrected chi connectivity index (χ3v) is 7.30. The molecule has 2 N–H and O–H groups in total. The van der Waals surface area contributed by atoms with E-state index in [4.69, 9.17) is 0 Å². The molecule has 0 aliphatic rings. The molecule has 36 heavy (non-hydrogen) atoms. The van der Waals surface area contributed by atoms with Gasteiger partial charge in [-0.05, 0) is 81.3 Å². The molecular weight excluding hydrogens is 470 g/mol. The van der Waals surface area contributed by atoms with Gasteiger partial charge >= 0.3 is 0 Å². The van der Waals surface area contributed by atoms with Crippen molar-refractivity contribution in [1.82, 2.24) is 10.6 Å². The van der Waals surface area contributed by atoms with Crippen LogP contribution >= 0.6 is 11.3 Å². The molecule has 0 radical (unpaired) electrons. The van der Waals surface area contributed by atoms with E-state index in [1.807, 2.05) is 89.4 Å². The fourth-order valence-electron chi connectivity index (χ4n) is 3.71. The number of benzene rings is 2. The van der Waals surface area contributed by atoms with Crippen LogP contribution in [0.15, 0.2) is 60.0 Å². The molecule has 0 fully saturated rings. The number of hydrogen-bond donors (Lipinski definition) is 2. The Hall–Kier alpha value is -3.45. The molecule has 7 heteroatoms. The van der Waals surface area contributed by atoms with Gasteiger partial charge in [0.15, 0.2) is 0 Å². The van der Waals surface area contributed by atoms with Crippen LogP contribution in [0, 0.1) is 20.8 Å². The van der Waals surface area contributed by atoms with Crippen molar-refractivity contribution < 1.29 is 14.4 Å². The van der Waals surface area contributed by atoms with Gasteiger partial charge in [-0.15, -0.1) is 11.3 Å². The van der Waals surface area contributed by atoms with Gasteiger partial charge in [-0.1, -0.05) is 48.9 Å². The van der Waals surface area contributed by atoms with E-state index in [0.29, 0.717) is 16.1 Å². The highest BCUT2D eigenvalue weighted by Gasteiger charge is 2.35. The van der Waals surface area contributed by atoms with Crippen molar-refractivity contribution >= 4 is 34.7 Å². The van der Waals surface area contributed by atoms with Crippen molar-refractivity contribution in [3.63, 3.8) is 0 Å². The molecule has 0 aliphatic heterocycles. The Kier molecular flexibility index (Phi) is 8.69. The summed E-state index contributed by atoms with van der Waals surface area (Å²) in [5.74, 6) is -0.970. The number of thiophene rings is 1. The van der Waals surface area contributed by atoms with Crippen LogP contribution < -0.4 is 15.5 Å². The predicted molar refractivity (Wildman–Crippen MR) is 146 cm³/mol. The van der Waals surface area contributed by atoms with Gasteiger partial charge in [0.25, 0.3) is 5.91 Å². The zero-order valence-electron chi connectivity index (χ0n) is 21.8. The quantitative estimate of drug-likeness (QED) is 0.404. The zero-order valence-corrected chi connectivity index (χ0v) is 22.7. The van der Waals surface area contributed by atoms with Gasteiger partial charge in [0.2, 0.25) is 11.8 Å². The van der Waals surface area contributed by atoms with E-state index in [1.54, 1.807) is 12.1 Å². The van der Waals surface area contributed by atoms with Crippen LogP contribution in [0.3, 0.4) is 0 Å². The first-order valence-electron chi connectivity index (χ1n) is 12.1. The number of anilines is 1. The summed E-state index contributed by atoms with van der Waals surface area (Å²) < 4.78 is 0. The van der Waals surface area contributed by atoms with Gasteiger partial charge in [0.1, 0.15) is 6.04 Å². The summed E-state index contributed by atoms with van der Waals surface area (Å²) in [6.45, 7) is 11.6. The van der Waals surface area contributed by atoms with Gasteiger partial charge in [0, 0.05) is 11.2 Å². The maximum Gasteiger partial charge on any atom is 0.261 e. The lowest BCUT2D eigenvalue weighted by Gasteiger charge is -2.35. The fraction of sp³-hybridized carbons (Fsp3) is 0.345. The van der Waals surface area contributed by atoms with Crippen LogP contribution in [-0.4, -0.2) is 29.8 Å². The van der Waals surface area contributed by atoms with Crippen molar-refractivity contribution in [3.8, 4) is 0 Å². The first-order valence-corrected chi connectivity index (χ1v) is 13.0. The number of amides is 3. The van der Waals surface area contributed by atoms with Crippen LogP contribution in [-0.2, 0) is 9.59 Å². The van der Waals surface area contributed by atoms with Crippen molar-refractivity contribution in [1.29, 1.82) is 0 Å². The summed E-state index contributed by atoms with van der Waals surface area (Å²) in [6.07, 6.45) is 0.730. The third-order valence-electron chi connectivity index (χ3n) is 6.43. The van der Waals surface area contributed by atoms with Crippen molar-refractivity contribution in [3.05, 3.63) is 87.1 Å². The molecule has 1 heterocycles. The van der Waals surface area contributed by atoms with Gasteiger partial charge in [-0.3, -0.25) is 19.3 Å². The minimum atomic E-state index is -0.912. The largest absolute Gasteiger partial charge is 0.349 e. The third kappa shape index (κ3) is 6.61. The van der Waals surface area contributed by atoms with Crippen LogP contribution in [0.4, 0.5) is 5.69 Å². The summed E-state index contributed by atoms with van der Waals surface area (Å²) in [4.78, 5) is 42.2. The smallest absolute Gasteiger partial charge is 0.261 e. The second kappa shape index (κ2) is 11.5. The van der Waals surface area contributed by atoms with Crippen molar-refractivity contribution in [2.75, 3.05) is 11.4 Å². The van der Waals surface area contributed by atoms with E-state index in [1.165, 1.54) is 16.2 Å². The zero-order chi connectivity index (χ0) is 26.5. The number of nitrogens with zero attached hydrogens (tertiary/aromatic N) is 1. The summed E-state index contributed by atoms with van der Waals surface area (Å²) in [5, 5.41) is 7.65. The standard InChI is InChI=1S/C29H35N3O3S/c1-7-29(5,6)31-28(35)26(22-13-10-19(2)11-14-22)32(23-15-12-20(3)21(4)17-23)25(33)18-30-27(34)24-9-8-16-36-24/h8-17,26H,7,18H2,1-6H3,(H,30,34)(H,31,35). The SMILES string of the molecule is CCC(C)(C)NC(=O)C(c1ccc(C)cc1)N(C(=O)CNC(=O)c1cccs1)c1ccc(C)c(C)c1. The summed E-state index contributed by atoms with van der Waals surface area (Å²) in [5.41, 5.74) is 3.99. The van der Waals surface area contributed by atoms with Gasteiger partial charge in [-0.2, -0.15) is 0 Å². The Labute approximate surface area is 217 Å². The topological polar surface area (TPSA) is 78.5 Å². The van der Waals surface area contributed by atoms with Crippen LogP contribution in [0.2, 0.25) is 0 Å². The summed E-state index contributed by atoms with van der Waals surface area (Å²) >= 11 is 1.31. The second-order valence-electron chi connectivity index (χ2n) is 9.73. The molecule has 0 spiro atoms. The molecular formula is C29H35N3O3S. The van der Waals surface area contributed by atoms with Crippen molar-refractivity contribution in [2.24, 2.45) is 0 Å². The van der Waals surface area contributed by atoms with Gasteiger partial charge in [0.05, 0.1) is 11.4 Å². The summed E-state index contributed by atoms with van der Waals surface area (Å²) in [7, 11) is 0. The first-order chi connectivity index (χ1) is 17.0. The number of carbonyl (C=O) groups excluding carboxylic acids is 3. The highest BCUT2D eigenvalue weighted by Crippen LogP contribution is 2.30. The van der Waals surface area contributed by atoms with Gasteiger partial charge in [-0.25, -0.2) is 0 Å². The van der Waals surface area contributed by atoms with Crippen LogP contribution in [0.1, 0.15) is 65.2 Å². The number of hydrogen-bond acceptors (Lipinski definition) is 4. The molecule has 0 aliphatic carbocycles.